The molecule has 1 aromatic heterocycles. The number of hydrogen-bond donors (Lipinski definition) is 6. The zero-order valence-electron chi connectivity index (χ0n) is 29.9. The molecule has 55 heavy (non-hydrogen) atoms. The number of amides is 2. The van der Waals surface area contributed by atoms with Crippen molar-refractivity contribution in [2.75, 3.05) is 39.3 Å². The van der Waals surface area contributed by atoms with Gasteiger partial charge < -0.3 is 45.3 Å². The summed E-state index contributed by atoms with van der Waals surface area (Å²) in [6.45, 7) is 2.06. The van der Waals surface area contributed by atoms with Gasteiger partial charge in [-0.25, -0.2) is 4.79 Å². The number of aliphatic hydroxyl groups excluding tert-OH is 1. The number of fused-ring (bicyclic) bond motifs is 2. The standard InChI is InChI=1S/C42H42N4O9/c47-35-15-13-32(33-14-16-37(49)44-39(33)35)36(48)22-43-19-17-26-9-11-27(12-10-26)40(51)46-20-18-28-23-45(24-34(28)46)38(50)25-55-31-8-4-7-30(21-31)42(54,41(52)53)29-5-2-1-3-6-29/h1-16,21,28,34,36,43,47-48,54H,17-20,22-25H2,(H,44,49)(H,52,53)/t28-,34+,36?,42?/m1/s1. The summed E-state index contributed by atoms with van der Waals surface area (Å²) in [4.78, 5) is 56.9. The lowest BCUT2D eigenvalue weighted by Gasteiger charge is -2.26. The van der Waals surface area contributed by atoms with Crippen LogP contribution in [0.1, 0.15) is 45.1 Å². The van der Waals surface area contributed by atoms with Crippen molar-refractivity contribution in [3.8, 4) is 11.5 Å². The molecule has 2 saturated heterocycles. The number of aromatic amines is 1. The molecule has 4 atom stereocenters. The molecule has 13 heteroatoms. The van der Waals surface area contributed by atoms with Gasteiger partial charge in [0.2, 0.25) is 11.2 Å². The number of hydrogen-bond acceptors (Lipinski definition) is 9. The van der Waals surface area contributed by atoms with Crippen molar-refractivity contribution in [2.45, 2.75) is 30.6 Å². The van der Waals surface area contributed by atoms with E-state index in [0.29, 0.717) is 49.1 Å². The number of carboxylic acids is 1. The highest BCUT2D eigenvalue weighted by molar-refractivity contribution is 5.95. The normalized spacial score (nSPS) is 18.1. The molecule has 3 heterocycles. The first-order valence-corrected chi connectivity index (χ1v) is 18.2. The number of carbonyl (C=O) groups excluding carboxylic acids is 2. The summed E-state index contributed by atoms with van der Waals surface area (Å²) in [6, 6.07) is 27.5. The smallest absolute Gasteiger partial charge is 0.345 e. The molecule has 0 radical (unpaired) electrons. The van der Waals surface area contributed by atoms with Gasteiger partial charge in [0.05, 0.1) is 17.7 Å². The molecule has 0 saturated carbocycles. The van der Waals surface area contributed by atoms with Crippen molar-refractivity contribution >= 4 is 28.7 Å². The van der Waals surface area contributed by atoms with E-state index in [4.69, 9.17) is 4.74 Å². The number of phenolic OH excluding ortho intramolecular Hbond substituents is 1. The number of ether oxygens (including phenoxy) is 1. The van der Waals surface area contributed by atoms with E-state index in [1.54, 1.807) is 47.4 Å². The number of rotatable bonds is 13. The van der Waals surface area contributed by atoms with Gasteiger partial charge in [-0.15, -0.1) is 0 Å². The molecular weight excluding hydrogens is 704 g/mol. The molecular formula is C42H42N4O9. The summed E-state index contributed by atoms with van der Waals surface area (Å²) in [6.07, 6.45) is 0.582. The molecule has 0 bridgehead atoms. The second kappa shape index (κ2) is 15.8. The quantitative estimate of drug-likeness (QED) is 0.0976. The summed E-state index contributed by atoms with van der Waals surface area (Å²) < 4.78 is 5.79. The Balaban J connectivity index is 0.894. The SMILES string of the molecule is O=C(COc1cccc(C(O)(C(=O)O)c2ccccc2)c1)N1C[C@H]2CCN(C(=O)c3ccc(CCNCC(O)c4ccc(O)c5[nH]c(=O)ccc45)cc3)[C@H]2C1. The Labute approximate surface area is 316 Å². The van der Waals surface area contributed by atoms with Gasteiger partial charge in [0, 0.05) is 54.7 Å². The lowest BCUT2D eigenvalue weighted by Crippen LogP contribution is -2.41. The maximum atomic E-state index is 13.6. The highest BCUT2D eigenvalue weighted by atomic mass is 16.5. The van der Waals surface area contributed by atoms with Crippen molar-refractivity contribution in [2.24, 2.45) is 5.92 Å². The number of aromatic nitrogens is 1. The zero-order chi connectivity index (χ0) is 38.7. The Morgan fingerprint density at radius 3 is 2.45 bits per heavy atom. The van der Waals surface area contributed by atoms with E-state index in [1.807, 2.05) is 29.2 Å². The minimum Gasteiger partial charge on any atom is -0.506 e. The highest BCUT2D eigenvalue weighted by Gasteiger charge is 2.45. The third-order valence-electron chi connectivity index (χ3n) is 10.7. The Morgan fingerprint density at radius 2 is 1.69 bits per heavy atom. The van der Waals surface area contributed by atoms with Crippen LogP contribution in [0.3, 0.4) is 0 Å². The summed E-state index contributed by atoms with van der Waals surface area (Å²) >= 11 is 0. The van der Waals surface area contributed by atoms with Crippen LogP contribution < -0.4 is 15.6 Å². The van der Waals surface area contributed by atoms with Crippen LogP contribution in [0.25, 0.3) is 10.9 Å². The van der Waals surface area contributed by atoms with Gasteiger partial charge in [-0.1, -0.05) is 60.7 Å². The summed E-state index contributed by atoms with van der Waals surface area (Å²) in [7, 11) is 0. The van der Waals surface area contributed by atoms with E-state index in [1.165, 1.54) is 36.4 Å². The lowest BCUT2D eigenvalue weighted by molar-refractivity contribution is -0.155. The number of phenols is 1. The fourth-order valence-electron chi connectivity index (χ4n) is 7.67. The fraction of sp³-hybridized carbons (Fsp3) is 0.286. The number of carboxylic acid groups (broad SMARTS) is 1. The first kappa shape index (κ1) is 37.3. The number of carbonyl (C=O) groups is 3. The number of aliphatic carboxylic acids is 1. The van der Waals surface area contributed by atoms with Crippen molar-refractivity contribution < 1.29 is 39.5 Å². The van der Waals surface area contributed by atoms with E-state index in [2.05, 4.69) is 10.3 Å². The lowest BCUT2D eigenvalue weighted by atomic mass is 9.86. The minimum atomic E-state index is -2.30. The van der Waals surface area contributed by atoms with Crippen LogP contribution in [-0.2, 0) is 21.6 Å². The van der Waals surface area contributed by atoms with E-state index in [-0.39, 0.29) is 70.6 Å². The number of aromatic hydroxyl groups is 1. The van der Waals surface area contributed by atoms with Crippen molar-refractivity contribution in [3.63, 3.8) is 0 Å². The molecule has 13 nitrogen and oxygen atoms in total. The largest absolute Gasteiger partial charge is 0.506 e. The molecule has 2 unspecified atom stereocenters. The predicted octanol–water partition coefficient (Wildman–Crippen LogP) is 3.17. The monoisotopic (exact) mass is 746 g/mol. The number of H-pyrrole nitrogens is 1. The van der Waals surface area contributed by atoms with Crippen LogP contribution >= 0.6 is 0 Å². The van der Waals surface area contributed by atoms with Crippen LogP contribution in [0.4, 0.5) is 0 Å². The van der Waals surface area contributed by atoms with Crippen LogP contribution in [-0.4, -0.2) is 98.4 Å². The van der Waals surface area contributed by atoms with Gasteiger partial charge in [-0.3, -0.25) is 14.4 Å². The first-order chi connectivity index (χ1) is 26.5. The second-order valence-electron chi connectivity index (χ2n) is 14.1. The predicted molar refractivity (Wildman–Crippen MR) is 203 cm³/mol. The van der Waals surface area contributed by atoms with E-state index < -0.39 is 17.7 Å². The Kier molecular flexibility index (Phi) is 10.7. The molecule has 2 aliphatic rings. The molecule has 2 amide bonds. The summed E-state index contributed by atoms with van der Waals surface area (Å²) in [5, 5.41) is 45.9. The van der Waals surface area contributed by atoms with Gasteiger partial charge in [-0.05, 0) is 72.5 Å². The number of benzene rings is 4. The van der Waals surface area contributed by atoms with Crippen molar-refractivity contribution in [1.29, 1.82) is 0 Å². The molecule has 0 spiro atoms. The van der Waals surface area contributed by atoms with E-state index in [9.17, 15) is 39.6 Å². The second-order valence-corrected chi connectivity index (χ2v) is 14.1. The maximum absolute atomic E-state index is 13.6. The van der Waals surface area contributed by atoms with Gasteiger partial charge >= 0.3 is 5.97 Å². The van der Waals surface area contributed by atoms with Crippen LogP contribution in [0.2, 0.25) is 0 Å². The molecule has 6 N–H and O–H groups in total. The molecule has 2 fully saturated rings. The Bertz CT molecular complexity index is 2260. The Morgan fingerprint density at radius 1 is 0.927 bits per heavy atom. The van der Waals surface area contributed by atoms with Gasteiger partial charge in [0.1, 0.15) is 11.5 Å². The Hall–Kier alpha value is -6.02. The number of aliphatic hydroxyl groups is 2. The number of nitrogens with zero attached hydrogens (tertiary/aromatic N) is 2. The highest BCUT2D eigenvalue weighted by Crippen LogP contribution is 2.34. The van der Waals surface area contributed by atoms with Crippen molar-refractivity contribution in [3.05, 3.63) is 141 Å². The molecule has 2 aliphatic heterocycles. The third-order valence-corrected chi connectivity index (χ3v) is 10.7. The topological polar surface area (TPSA) is 193 Å². The van der Waals surface area contributed by atoms with Crippen LogP contribution in [0.5, 0.6) is 11.5 Å². The van der Waals surface area contributed by atoms with Gasteiger partial charge in [0.25, 0.3) is 11.8 Å². The first-order valence-electron chi connectivity index (χ1n) is 18.2. The van der Waals surface area contributed by atoms with Gasteiger partial charge in [0.15, 0.2) is 6.61 Å². The summed E-state index contributed by atoms with van der Waals surface area (Å²) in [5.41, 5.74) is 0.106. The molecule has 7 rings (SSSR count). The number of pyridine rings is 1. The number of likely N-dealkylation sites (tertiary alicyclic amines) is 2. The molecule has 5 aromatic rings. The van der Waals surface area contributed by atoms with Crippen LogP contribution in [0, 0.1) is 5.92 Å². The average Bonchev–Trinajstić information content (AvgIpc) is 3.81. The summed E-state index contributed by atoms with van der Waals surface area (Å²) in [5.74, 6) is -1.44. The third kappa shape index (κ3) is 7.67. The molecule has 4 aromatic carbocycles. The number of nitrogens with one attached hydrogen (secondary N) is 2. The van der Waals surface area contributed by atoms with Crippen molar-refractivity contribution in [1.82, 2.24) is 20.1 Å². The minimum absolute atomic E-state index is 0.0641. The molecule has 0 aliphatic carbocycles. The maximum Gasteiger partial charge on any atom is 0.345 e. The van der Waals surface area contributed by atoms with E-state index in [0.717, 1.165) is 12.0 Å². The van der Waals surface area contributed by atoms with Gasteiger partial charge in [-0.2, -0.15) is 0 Å². The average molecular weight is 747 g/mol. The zero-order valence-corrected chi connectivity index (χ0v) is 29.9. The fourth-order valence-corrected chi connectivity index (χ4v) is 7.67. The van der Waals surface area contributed by atoms with Crippen LogP contribution in [0.15, 0.2) is 108 Å². The molecule has 284 valence electrons. The van der Waals surface area contributed by atoms with E-state index >= 15 is 0 Å².